The second-order valence-electron chi connectivity index (χ2n) is 7.81. The summed E-state index contributed by atoms with van der Waals surface area (Å²) in [7, 11) is 0. The first-order valence-electron chi connectivity index (χ1n) is 9.60. The summed E-state index contributed by atoms with van der Waals surface area (Å²) in [6.07, 6.45) is 0.752. The minimum atomic E-state index is -1.09. The van der Waals surface area contributed by atoms with Crippen LogP contribution in [0.3, 0.4) is 0 Å². The number of hydrogen-bond acceptors (Lipinski definition) is 2. The lowest BCUT2D eigenvalue weighted by Gasteiger charge is -2.19. The van der Waals surface area contributed by atoms with Gasteiger partial charge in [0.2, 0.25) is 5.91 Å². The van der Waals surface area contributed by atoms with Crippen molar-refractivity contribution in [3.05, 3.63) is 99.0 Å². The average Bonchev–Trinajstić information content (AvgIpc) is 3.45. The van der Waals surface area contributed by atoms with Crippen molar-refractivity contribution >= 4 is 40.8 Å². The molecule has 6 heteroatoms. The van der Waals surface area contributed by atoms with Gasteiger partial charge in [-0.25, -0.2) is 4.79 Å². The van der Waals surface area contributed by atoms with Gasteiger partial charge in [0.15, 0.2) is 0 Å². The average molecular weight is 438 g/mol. The first-order chi connectivity index (χ1) is 14.4. The molecule has 0 aromatic heterocycles. The molecule has 2 atom stereocenters. The highest BCUT2D eigenvalue weighted by atomic mass is 35.5. The van der Waals surface area contributed by atoms with Gasteiger partial charge in [0.1, 0.15) is 0 Å². The number of aromatic carboxylic acids is 1. The minimum absolute atomic E-state index is 0.0364. The number of carboxylic acids is 1. The smallest absolute Gasteiger partial charge is 0.337 e. The van der Waals surface area contributed by atoms with Gasteiger partial charge in [0.25, 0.3) is 0 Å². The summed E-state index contributed by atoms with van der Waals surface area (Å²) in [6.45, 7) is 0.294. The summed E-state index contributed by atoms with van der Waals surface area (Å²) in [5.74, 6) is -0.930. The standard InChI is InChI=1S/C24H17Cl2NO3/c25-16-8-6-15(7-9-16)19-12-24(19)18-3-1-2-4-21(18)27(23(24)30)13-14-5-10-20(26)17(11-14)22(28)29/h1-11,19H,12-13H2,(H,28,29)/t19-,24-/m1/s1. The van der Waals surface area contributed by atoms with Gasteiger partial charge in [-0.3, -0.25) is 4.79 Å². The van der Waals surface area contributed by atoms with Crippen LogP contribution in [-0.4, -0.2) is 17.0 Å². The minimum Gasteiger partial charge on any atom is -0.478 e. The van der Waals surface area contributed by atoms with E-state index < -0.39 is 11.4 Å². The van der Waals surface area contributed by atoms with Gasteiger partial charge in [-0.2, -0.15) is 0 Å². The van der Waals surface area contributed by atoms with E-state index in [4.69, 9.17) is 23.2 Å². The number of nitrogens with zero attached hydrogens (tertiary/aromatic N) is 1. The van der Waals surface area contributed by atoms with Gasteiger partial charge in [-0.15, -0.1) is 0 Å². The normalized spacial score (nSPS) is 21.7. The zero-order chi connectivity index (χ0) is 21.0. The second kappa shape index (κ2) is 6.86. The van der Waals surface area contributed by atoms with Crippen molar-refractivity contribution < 1.29 is 14.7 Å². The van der Waals surface area contributed by atoms with E-state index in [1.165, 1.54) is 6.07 Å². The molecule has 3 aromatic carbocycles. The van der Waals surface area contributed by atoms with Crippen LogP contribution in [0, 0.1) is 0 Å². The molecule has 4 nitrogen and oxygen atoms in total. The molecule has 0 radical (unpaired) electrons. The number of carboxylic acid groups (broad SMARTS) is 1. The third-order valence-corrected chi connectivity index (χ3v) is 6.72. The fourth-order valence-electron chi connectivity index (χ4n) is 4.62. The van der Waals surface area contributed by atoms with Crippen LogP contribution in [0.1, 0.15) is 39.4 Å². The van der Waals surface area contributed by atoms with Gasteiger partial charge in [0.05, 0.1) is 22.5 Å². The van der Waals surface area contributed by atoms with Gasteiger partial charge >= 0.3 is 5.97 Å². The predicted molar refractivity (Wildman–Crippen MR) is 117 cm³/mol. The number of rotatable bonds is 4. The molecule has 0 unspecified atom stereocenters. The largest absolute Gasteiger partial charge is 0.478 e. The first kappa shape index (κ1) is 19.2. The maximum atomic E-state index is 13.6. The molecule has 1 heterocycles. The van der Waals surface area contributed by atoms with E-state index in [9.17, 15) is 14.7 Å². The van der Waals surface area contributed by atoms with Crippen molar-refractivity contribution in [2.24, 2.45) is 0 Å². The molecule has 2 aliphatic rings. The molecule has 1 aliphatic heterocycles. The topological polar surface area (TPSA) is 57.6 Å². The summed E-state index contributed by atoms with van der Waals surface area (Å²) in [5, 5.41) is 10.2. The Morgan fingerprint density at radius 3 is 2.53 bits per heavy atom. The van der Waals surface area contributed by atoms with E-state index in [0.717, 1.165) is 28.8 Å². The van der Waals surface area contributed by atoms with Gasteiger partial charge in [0, 0.05) is 16.6 Å². The van der Waals surface area contributed by atoms with Crippen LogP contribution in [0.2, 0.25) is 10.0 Å². The fraction of sp³-hybridized carbons (Fsp3) is 0.167. The lowest BCUT2D eigenvalue weighted by Crippen LogP contribution is -2.32. The predicted octanol–water partition coefficient (Wildman–Crippen LogP) is 5.66. The number of para-hydroxylation sites is 1. The number of benzene rings is 3. The molecular formula is C24H17Cl2NO3. The molecule has 1 amide bonds. The molecule has 1 spiro atoms. The van der Waals surface area contributed by atoms with Crippen LogP contribution in [0.5, 0.6) is 0 Å². The fourth-order valence-corrected chi connectivity index (χ4v) is 4.94. The summed E-state index contributed by atoms with van der Waals surface area (Å²) in [5.41, 5.74) is 3.21. The zero-order valence-electron chi connectivity index (χ0n) is 15.8. The van der Waals surface area contributed by atoms with Crippen molar-refractivity contribution in [2.45, 2.75) is 24.3 Å². The highest BCUT2D eigenvalue weighted by Gasteiger charge is 2.67. The number of anilines is 1. The van der Waals surface area contributed by atoms with E-state index in [0.29, 0.717) is 11.6 Å². The van der Waals surface area contributed by atoms with Crippen molar-refractivity contribution in [2.75, 3.05) is 4.90 Å². The Bertz CT molecular complexity index is 1190. The van der Waals surface area contributed by atoms with Gasteiger partial charge in [-0.1, -0.05) is 59.6 Å². The van der Waals surface area contributed by atoms with Crippen molar-refractivity contribution in [1.82, 2.24) is 0 Å². The number of halogens is 2. The van der Waals surface area contributed by atoms with Gasteiger partial charge < -0.3 is 10.0 Å². The van der Waals surface area contributed by atoms with Crippen LogP contribution in [0.4, 0.5) is 5.69 Å². The third kappa shape index (κ3) is 2.83. The molecular weight excluding hydrogens is 421 g/mol. The summed E-state index contributed by atoms with van der Waals surface area (Å²) in [6, 6.07) is 20.4. The van der Waals surface area contributed by atoms with Crippen LogP contribution >= 0.6 is 23.2 Å². The van der Waals surface area contributed by atoms with Crippen LogP contribution < -0.4 is 4.90 Å². The maximum Gasteiger partial charge on any atom is 0.337 e. The first-order valence-corrected chi connectivity index (χ1v) is 10.4. The highest BCUT2D eigenvalue weighted by molar-refractivity contribution is 6.33. The molecule has 0 bridgehead atoms. The summed E-state index contributed by atoms with van der Waals surface area (Å²) in [4.78, 5) is 26.8. The van der Waals surface area contributed by atoms with E-state index in [2.05, 4.69) is 0 Å². The van der Waals surface area contributed by atoms with Crippen LogP contribution in [0.15, 0.2) is 66.7 Å². The summed E-state index contributed by atoms with van der Waals surface area (Å²) >= 11 is 12.0. The second-order valence-corrected chi connectivity index (χ2v) is 8.65. The molecule has 1 aliphatic carbocycles. The zero-order valence-corrected chi connectivity index (χ0v) is 17.3. The Labute approximate surface area is 183 Å². The van der Waals surface area contributed by atoms with E-state index >= 15 is 0 Å². The molecule has 5 rings (SSSR count). The van der Waals surface area contributed by atoms with E-state index in [1.54, 1.807) is 17.0 Å². The molecule has 1 saturated carbocycles. The molecule has 0 saturated heterocycles. The molecule has 30 heavy (non-hydrogen) atoms. The molecule has 150 valence electrons. The lowest BCUT2D eigenvalue weighted by atomic mass is 9.92. The Balaban J connectivity index is 1.52. The van der Waals surface area contributed by atoms with Crippen LogP contribution in [-0.2, 0) is 16.8 Å². The highest BCUT2D eigenvalue weighted by Crippen LogP contribution is 2.66. The van der Waals surface area contributed by atoms with Crippen molar-refractivity contribution in [3.8, 4) is 0 Å². The quantitative estimate of drug-likeness (QED) is 0.572. The molecule has 1 N–H and O–H groups in total. The van der Waals surface area contributed by atoms with Gasteiger partial charge in [-0.05, 0) is 53.4 Å². The number of carbonyl (C=O) groups is 2. The van der Waals surface area contributed by atoms with Crippen LogP contribution in [0.25, 0.3) is 0 Å². The maximum absolute atomic E-state index is 13.6. The summed E-state index contributed by atoms with van der Waals surface area (Å²) < 4.78 is 0. The monoisotopic (exact) mass is 437 g/mol. The van der Waals surface area contributed by atoms with E-state index in [-0.39, 0.29) is 22.4 Å². The number of carbonyl (C=O) groups excluding carboxylic acids is 1. The van der Waals surface area contributed by atoms with Crippen molar-refractivity contribution in [1.29, 1.82) is 0 Å². The number of hydrogen-bond donors (Lipinski definition) is 1. The Morgan fingerprint density at radius 2 is 1.80 bits per heavy atom. The van der Waals surface area contributed by atoms with E-state index in [1.807, 2.05) is 48.5 Å². The lowest BCUT2D eigenvalue weighted by molar-refractivity contribution is -0.120. The Morgan fingerprint density at radius 1 is 1.07 bits per heavy atom. The third-order valence-electron chi connectivity index (χ3n) is 6.14. The Hall–Kier alpha value is -2.82. The molecule has 3 aromatic rings. The number of amides is 1. The van der Waals surface area contributed by atoms with Crippen molar-refractivity contribution in [3.63, 3.8) is 0 Å². The molecule has 1 fully saturated rings. The number of fused-ring (bicyclic) bond motifs is 2. The Kier molecular flexibility index (Phi) is 4.38. The SMILES string of the molecule is O=C(O)c1cc(CN2C(=O)[C@]3(C[C@@H]3c3ccc(Cl)cc3)c3ccccc32)ccc1Cl.